The summed E-state index contributed by atoms with van der Waals surface area (Å²) in [5.41, 5.74) is 4.24. The summed E-state index contributed by atoms with van der Waals surface area (Å²) < 4.78 is 7.85. The van der Waals surface area contributed by atoms with E-state index >= 15 is 0 Å². The predicted molar refractivity (Wildman–Crippen MR) is 94.1 cm³/mol. The molecule has 0 spiro atoms. The maximum absolute atomic E-state index is 8.75. The molecule has 2 N–H and O–H groups in total. The molecule has 0 aliphatic rings. The molecular weight excluding hydrogens is 302 g/mol. The van der Waals surface area contributed by atoms with Gasteiger partial charge in [-0.25, -0.2) is 4.98 Å². The van der Waals surface area contributed by atoms with E-state index in [0.29, 0.717) is 6.61 Å². The Morgan fingerprint density at radius 1 is 1.21 bits per heavy atom. The number of ether oxygens (including phenoxy) is 1. The SMILES string of the molecule is Cc1cccn2cc(COc3ccc(CNCCCO)cc3)nc12. The molecule has 0 atom stereocenters. The molecule has 0 aliphatic heterocycles. The predicted octanol–water partition coefficient (Wildman–Crippen LogP) is 2.69. The summed E-state index contributed by atoms with van der Waals surface area (Å²) in [5.74, 6) is 0.836. The maximum Gasteiger partial charge on any atom is 0.140 e. The van der Waals surface area contributed by atoms with E-state index in [2.05, 4.69) is 35.4 Å². The largest absolute Gasteiger partial charge is 0.487 e. The highest BCUT2D eigenvalue weighted by Gasteiger charge is 2.04. The Hall–Kier alpha value is -2.37. The van der Waals surface area contributed by atoms with Crippen LogP contribution in [0.1, 0.15) is 23.2 Å². The van der Waals surface area contributed by atoms with Crippen molar-refractivity contribution >= 4 is 5.65 Å². The Morgan fingerprint density at radius 3 is 2.79 bits per heavy atom. The fourth-order valence-electron chi connectivity index (χ4n) is 2.57. The van der Waals surface area contributed by atoms with Gasteiger partial charge in [-0.2, -0.15) is 0 Å². The van der Waals surface area contributed by atoms with Crippen molar-refractivity contribution in [3.05, 3.63) is 65.6 Å². The van der Waals surface area contributed by atoms with Crippen LogP contribution in [-0.4, -0.2) is 27.6 Å². The topological polar surface area (TPSA) is 58.8 Å². The number of aryl methyl sites for hydroxylation is 1. The van der Waals surface area contributed by atoms with Gasteiger partial charge in [0.2, 0.25) is 0 Å². The van der Waals surface area contributed by atoms with Gasteiger partial charge in [0.25, 0.3) is 0 Å². The zero-order valence-corrected chi connectivity index (χ0v) is 13.9. The Kier molecular flexibility index (Phi) is 5.46. The third-order valence-corrected chi connectivity index (χ3v) is 3.88. The number of aliphatic hydroxyl groups is 1. The van der Waals surface area contributed by atoms with Crippen molar-refractivity contribution in [1.82, 2.24) is 14.7 Å². The molecule has 0 amide bonds. The normalized spacial score (nSPS) is 11.1. The molecule has 0 radical (unpaired) electrons. The molecular formula is C19H23N3O2. The number of nitrogens with zero attached hydrogens (tertiary/aromatic N) is 2. The molecule has 0 aliphatic carbocycles. The van der Waals surface area contributed by atoms with Gasteiger partial charge in [0.05, 0.1) is 5.69 Å². The average molecular weight is 325 g/mol. The minimum Gasteiger partial charge on any atom is -0.487 e. The molecule has 5 heteroatoms. The number of benzene rings is 1. The number of fused-ring (bicyclic) bond motifs is 1. The molecule has 0 saturated carbocycles. The van der Waals surface area contributed by atoms with Gasteiger partial charge in [-0.3, -0.25) is 0 Å². The molecule has 2 aromatic heterocycles. The van der Waals surface area contributed by atoms with Crippen LogP contribution in [0.15, 0.2) is 48.8 Å². The van der Waals surface area contributed by atoms with E-state index in [9.17, 15) is 0 Å². The summed E-state index contributed by atoms with van der Waals surface area (Å²) in [6.07, 6.45) is 4.78. The van der Waals surface area contributed by atoms with Gasteiger partial charge in [0.1, 0.15) is 18.0 Å². The fraction of sp³-hybridized carbons (Fsp3) is 0.316. The first-order chi connectivity index (χ1) is 11.8. The molecule has 0 unspecified atom stereocenters. The van der Waals surface area contributed by atoms with E-state index < -0.39 is 0 Å². The zero-order valence-electron chi connectivity index (χ0n) is 13.9. The molecule has 126 valence electrons. The van der Waals surface area contributed by atoms with Crippen molar-refractivity contribution in [2.75, 3.05) is 13.2 Å². The van der Waals surface area contributed by atoms with Crippen molar-refractivity contribution in [2.24, 2.45) is 0 Å². The number of imidazole rings is 1. The molecule has 0 saturated heterocycles. The molecule has 3 aromatic rings. The number of aromatic nitrogens is 2. The van der Waals surface area contributed by atoms with Crippen LogP contribution < -0.4 is 10.1 Å². The number of hydrogen-bond acceptors (Lipinski definition) is 4. The van der Waals surface area contributed by atoms with E-state index in [4.69, 9.17) is 9.84 Å². The summed E-state index contributed by atoms with van der Waals surface area (Å²) in [4.78, 5) is 4.61. The van der Waals surface area contributed by atoms with Crippen LogP contribution in [0.2, 0.25) is 0 Å². The lowest BCUT2D eigenvalue weighted by atomic mass is 10.2. The van der Waals surface area contributed by atoms with Crippen molar-refractivity contribution in [3.8, 4) is 5.75 Å². The van der Waals surface area contributed by atoms with Crippen LogP contribution >= 0.6 is 0 Å². The molecule has 24 heavy (non-hydrogen) atoms. The van der Waals surface area contributed by atoms with Crippen LogP contribution in [-0.2, 0) is 13.2 Å². The Bertz CT molecular complexity index is 781. The first kappa shape index (κ1) is 16.5. The summed E-state index contributed by atoms with van der Waals surface area (Å²) >= 11 is 0. The third-order valence-electron chi connectivity index (χ3n) is 3.88. The molecule has 1 aromatic carbocycles. The van der Waals surface area contributed by atoms with Gasteiger partial charge in [-0.15, -0.1) is 0 Å². The van der Waals surface area contributed by atoms with Crippen molar-refractivity contribution in [1.29, 1.82) is 0 Å². The van der Waals surface area contributed by atoms with Gasteiger partial charge in [-0.1, -0.05) is 18.2 Å². The summed E-state index contributed by atoms with van der Waals surface area (Å²) in [7, 11) is 0. The molecule has 3 rings (SSSR count). The van der Waals surface area contributed by atoms with Crippen molar-refractivity contribution in [3.63, 3.8) is 0 Å². The van der Waals surface area contributed by atoms with E-state index in [1.807, 2.05) is 35.0 Å². The number of pyridine rings is 1. The van der Waals surface area contributed by atoms with Crippen LogP contribution in [0, 0.1) is 6.92 Å². The fourth-order valence-corrected chi connectivity index (χ4v) is 2.57. The standard InChI is InChI=1S/C19H23N3O2/c1-15-4-2-10-22-13-17(21-19(15)22)14-24-18-7-5-16(6-8-18)12-20-9-3-11-23/h2,4-8,10,13,20,23H,3,9,11-12,14H2,1H3. The van der Waals surface area contributed by atoms with E-state index in [-0.39, 0.29) is 6.61 Å². The maximum atomic E-state index is 8.75. The average Bonchev–Trinajstić information content (AvgIpc) is 3.03. The molecule has 0 fully saturated rings. The number of hydrogen-bond donors (Lipinski definition) is 2. The zero-order chi connectivity index (χ0) is 16.8. The summed E-state index contributed by atoms with van der Waals surface area (Å²) in [6, 6.07) is 12.1. The lowest BCUT2D eigenvalue weighted by molar-refractivity contribution is 0.286. The Morgan fingerprint density at radius 2 is 2.04 bits per heavy atom. The third kappa shape index (κ3) is 4.13. The lowest BCUT2D eigenvalue weighted by Crippen LogP contribution is -2.15. The van der Waals surface area contributed by atoms with Gasteiger partial charge in [0.15, 0.2) is 0 Å². The summed E-state index contributed by atoms with van der Waals surface area (Å²) in [5, 5.41) is 12.0. The van der Waals surface area contributed by atoms with Crippen molar-refractivity contribution < 1.29 is 9.84 Å². The molecule has 2 heterocycles. The number of nitrogens with one attached hydrogen (secondary N) is 1. The van der Waals surface area contributed by atoms with E-state index in [1.54, 1.807) is 0 Å². The second-order valence-electron chi connectivity index (χ2n) is 5.84. The Balaban J connectivity index is 1.55. The van der Waals surface area contributed by atoms with E-state index in [0.717, 1.165) is 42.2 Å². The minimum atomic E-state index is 0.225. The first-order valence-corrected chi connectivity index (χ1v) is 8.23. The lowest BCUT2D eigenvalue weighted by Gasteiger charge is -2.07. The Labute approximate surface area is 141 Å². The monoisotopic (exact) mass is 325 g/mol. The van der Waals surface area contributed by atoms with Crippen LogP contribution in [0.4, 0.5) is 0 Å². The smallest absolute Gasteiger partial charge is 0.140 e. The molecule has 0 bridgehead atoms. The number of rotatable bonds is 8. The highest BCUT2D eigenvalue weighted by atomic mass is 16.5. The van der Waals surface area contributed by atoms with Crippen LogP contribution in [0.3, 0.4) is 0 Å². The van der Waals surface area contributed by atoms with Gasteiger partial charge >= 0.3 is 0 Å². The molecule has 5 nitrogen and oxygen atoms in total. The van der Waals surface area contributed by atoms with Gasteiger partial charge < -0.3 is 19.6 Å². The van der Waals surface area contributed by atoms with Crippen LogP contribution in [0.25, 0.3) is 5.65 Å². The van der Waals surface area contributed by atoms with Crippen molar-refractivity contribution in [2.45, 2.75) is 26.5 Å². The van der Waals surface area contributed by atoms with E-state index in [1.165, 1.54) is 5.56 Å². The second-order valence-corrected chi connectivity index (χ2v) is 5.84. The first-order valence-electron chi connectivity index (χ1n) is 8.23. The highest BCUT2D eigenvalue weighted by molar-refractivity contribution is 5.47. The highest BCUT2D eigenvalue weighted by Crippen LogP contribution is 2.15. The quantitative estimate of drug-likeness (QED) is 0.625. The van der Waals surface area contributed by atoms with Crippen LogP contribution in [0.5, 0.6) is 5.75 Å². The second kappa shape index (κ2) is 7.95. The minimum absolute atomic E-state index is 0.225. The summed E-state index contributed by atoms with van der Waals surface area (Å²) in [6.45, 7) is 4.35. The number of aliphatic hydroxyl groups excluding tert-OH is 1. The van der Waals surface area contributed by atoms with Gasteiger partial charge in [-0.05, 0) is 49.2 Å². The van der Waals surface area contributed by atoms with Gasteiger partial charge in [0, 0.05) is 25.5 Å².